The SMILES string of the molecule is CC(=O)OC(NC(=O)Nc1ccc(C)cc1)C(Cl)(Cl)Cl. The highest BCUT2D eigenvalue weighted by Gasteiger charge is 2.36. The first-order chi connectivity index (χ1) is 9.18. The molecule has 110 valence electrons. The molecule has 1 aromatic rings. The molecule has 0 saturated heterocycles. The summed E-state index contributed by atoms with van der Waals surface area (Å²) in [5, 5.41) is 4.79. The monoisotopic (exact) mass is 338 g/mol. The van der Waals surface area contributed by atoms with Crippen LogP contribution in [-0.2, 0) is 9.53 Å². The topological polar surface area (TPSA) is 67.4 Å². The second kappa shape index (κ2) is 7.02. The van der Waals surface area contributed by atoms with Crippen LogP contribution in [0.1, 0.15) is 12.5 Å². The van der Waals surface area contributed by atoms with Crippen molar-refractivity contribution >= 4 is 52.5 Å². The molecule has 1 atom stereocenters. The number of halogens is 3. The molecule has 0 aliphatic heterocycles. The van der Waals surface area contributed by atoms with Crippen LogP contribution in [-0.4, -0.2) is 22.0 Å². The summed E-state index contributed by atoms with van der Waals surface area (Å²) in [5.41, 5.74) is 1.61. The summed E-state index contributed by atoms with van der Waals surface area (Å²) < 4.78 is 2.76. The summed E-state index contributed by atoms with van der Waals surface area (Å²) in [6.07, 6.45) is -1.39. The van der Waals surface area contributed by atoms with Gasteiger partial charge in [0.1, 0.15) is 0 Å². The number of hydrogen-bond donors (Lipinski definition) is 2. The molecule has 20 heavy (non-hydrogen) atoms. The molecule has 2 amide bonds. The normalized spacial score (nSPS) is 12.4. The Balaban J connectivity index is 2.66. The zero-order chi connectivity index (χ0) is 15.3. The van der Waals surface area contributed by atoms with Crippen LogP contribution in [0, 0.1) is 6.92 Å². The Bertz CT molecular complexity index is 486. The molecule has 0 aromatic heterocycles. The van der Waals surface area contributed by atoms with Crippen LogP contribution >= 0.6 is 34.8 Å². The fraction of sp³-hybridized carbons (Fsp3) is 0.333. The molecule has 0 radical (unpaired) electrons. The van der Waals surface area contributed by atoms with Gasteiger partial charge in [-0.3, -0.25) is 10.1 Å². The molecule has 0 fully saturated rings. The van der Waals surface area contributed by atoms with Crippen molar-refractivity contribution in [3.05, 3.63) is 29.8 Å². The number of carbonyl (C=O) groups is 2. The standard InChI is InChI=1S/C12H13Cl3N2O3/c1-7-3-5-9(6-4-7)16-11(19)17-10(12(13,14)15)20-8(2)18/h3-6,10H,1-2H3,(H2,16,17,19). The van der Waals surface area contributed by atoms with Gasteiger partial charge in [0.15, 0.2) is 0 Å². The molecule has 1 rings (SSSR count). The molecule has 1 unspecified atom stereocenters. The minimum atomic E-state index is -1.98. The van der Waals surface area contributed by atoms with Gasteiger partial charge in [-0.05, 0) is 19.1 Å². The number of hydrogen-bond acceptors (Lipinski definition) is 3. The second-order valence-electron chi connectivity index (χ2n) is 4.00. The number of ether oxygens (including phenoxy) is 1. The lowest BCUT2D eigenvalue weighted by atomic mass is 10.2. The fourth-order valence-corrected chi connectivity index (χ4v) is 1.56. The number of urea groups is 1. The van der Waals surface area contributed by atoms with Gasteiger partial charge in [-0.2, -0.15) is 0 Å². The quantitative estimate of drug-likeness (QED) is 0.504. The number of esters is 1. The van der Waals surface area contributed by atoms with Crippen LogP contribution in [0.5, 0.6) is 0 Å². The number of anilines is 1. The van der Waals surface area contributed by atoms with Gasteiger partial charge in [-0.15, -0.1) is 0 Å². The van der Waals surface area contributed by atoms with Crippen molar-refractivity contribution < 1.29 is 14.3 Å². The molecular weight excluding hydrogens is 327 g/mol. The van der Waals surface area contributed by atoms with E-state index in [1.54, 1.807) is 12.1 Å². The van der Waals surface area contributed by atoms with Gasteiger partial charge < -0.3 is 10.1 Å². The van der Waals surface area contributed by atoms with Gasteiger partial charge >= 0.3 is 12.0 Å². The maximum Gasteiger partial charge on any atom is 0.322 e. The van der Waals surface area contributed by atoms with Crippen molar-refractivity contribution in [3.8, 4) is 0 Å². The Morgan fingerprint density at radius 2 is 1.75 bits per heavy atom. The highest BCUT2D eigenvalue weighted by molar-refractivity contribution is 6.68. The van der Waals surface area contributed by atoms with E-state index in [2.05, 4.69) is 10.6 Å². The third-order valence-corrected chi connectivity index (χ3v) is 2.75. The number of amides is 2. The van der Waals surface area contributed by atoms with Crippen LogP contribution in [0.2, 0.25) is 0 Å². The third-order valence-electron chi connectivity index (χ3n) is 2.15. The van der Waals surface area contributed by atoms with E-state index in [9.17, 15) is 9.59 Å². The highest BCUT2D eigenvalue weighted by atomic mass is 35.6. The van der Waals surface area contributed by atoms with Crippen molar-refractivity contribution in [2.45, 2.75) is 23.9 Å². The molecule has 0 heterocycles. The average Bonchev–Trinajstić information content (AvgIpc) is 2.29. The third kappa shape index (κ3) is 5.86. The van der Waals surface area contributed by atoms with Crippen molar-refractivity contribution in [3.63, 3.8) is 0 Å². The first-order valence-corrected chi connectivity index (χ1v) is 6.70. The van der Waals surface area contributed by atoms with Gasteiger partial charge in [0.05, 0.1) is 0 Å². The van der Waals surface area contributed by atoms with Gasteiger partial charge in [-0.1, -0.05) is 52.5 Å². The van der Waals surface area contributed by atoms with E-state index < -0.39 is 22.0 Å². The zero-order valence-corrected chi connectivity index (χ0v) is 13.0. The first kappa shape index (κ1) is 16.9. The minimum absolute atomic E-state index is 0.555. The molecule has 0 bridgehead atoms. The van der Waals surface area contributed by atoms with Crippen molar-refractivity contribution in [2.24, 2.45) is 0 Å². The minimum Gasteiger partial charge on any atom is -0.437 e. The van der Waals surface area contributed by atoms with Gasteiger partial charge in [0.25, 0.3) is 0 Å². The van der Waals surface area contributed by atoms with E-state index in [4.69, 9.17) is 39.5 Å². The van der Waals surface area contributed by atoms with Crippen molar-refractivity contribution in [2.75, 3.05) is 5.32 Å². The Labute approximate surface area is 131 Å². The Kier molecular flexibility index (Phi) is 5.92. The summed E-state index contributed by atoms with van der Waals surface area (Å²) >= 11 is 16.9. The molecule has 1 aromatic carbocycles. The lowest BCUT2D eigenvalue weighted by Crippen LogP contribution is -2.48. The largest absolute Gasteiger partial charge is 0.437 e. The Morgan fingerprint density at radius 3 is 2.20 bits per heavy atom. The molecule has 0 aliphatic carbocycles. The molecule has 2 N–H and O–H groups in total. The van der Waals surface area contributed by atoms with E-state index in [0.29, 0.717) is 5.69 Å². The predicted octanol–water partition coefficient (Wildman–Crippen LogP) is 3.38. The summed E-state index contributed by atoms with van der Waals surface area (Å²) in [6.45, 7) is 3.06. The summed E-state index contributed by atoms with van der Waals surface area (Å²) in [7, 11) is 0. The van der Waals surface area contributed by atoms with Crippen LogP contribution in [0.3, 0.4) is 0 Å². The smallest absolute Gasteiger partial charge is 0.322 e. The van der Waals surface area contributed by atoms with Gasteiger partial charge in [-0.25, -0.2) is 4.79 Å². The van der Waals surface area contributed by atoms with Crippen LogP contribution in [0.4, 0.5) is 10.5 Å². The Morgan fingerprint density at radius 1 is 1.20 bits per heavy atom. The summed E-state index contributed by atoms with van der Waals surface area (Å²) in [5.74, 6) is -0.683. The van der Waals surface area contributed by atoms with Crippen molar-refractivity contribution in [1.29, 1.82) is 0 Å². The maximum atomic E-state index is 11.7. The van der Waals surface area contributed by atoms with Crippen LogP contribution in [0.25, 0.3) is 0 Å². The van der Waals surface area contributed by atoms with Crippen molar-refractivity contribution in [1.82, 2.24) is 5.32 Å². The number of rotatable bonds is 3. The molecule has 0 spiro atoms. The molecule has 5 nitrogen and oxygen atoms in total. The molecular formula is C12H13Cl3N2O3. The molecule has 8 heteroatoms. The zero-order valence-electron chi connectivity index (χ0n) is 10.7. The highest BCUT2D eigenvalue weighted by Crippen LogP contribution is 2.31. The summed E-state index contributed by atoms with van der Waals surface area (Å²) in [6, 6.07) is 6.42. The Hall–Kier alpha value is -1.17. The van der Waals surface area contributed by atoms with E-state index in [1.807, 2.05) is 19.1 Å². The van der Waals surface area contributed by atoms with E-state index in [0.717, 1.165) is 12.5 Å². The predicted molar refractivity (Wildman–Crippen MR) is 79.2 cm³/mol. The number of nitrogens with one attached hydrogen (secondary N) is 2. The number of alkyl halides is 3. The average molecular weight is 340 g/mol. The second-order valence-corrected chi connectivity index (χ2v) is 6.36. The number of benzene rings is 1. The van der Waals surface area contributed by atoms with Crippen LogP contribution < -0.4 is 10.6 Å². The maximum absolute atomic E-state index is 11.7. The van der Waals surface area contributed by atoms with E-state index >= 15 is 0 Å². The molecule has 0 saturated carbocycles. The van der Waals surface area contributed by atoms with Gasteiger partial charge in [0, 0.05) is 12.6 Å². The lowest BCUT2D eigenvalue weighted by molar-refractivity contribution is -0.146. The number of aryl methyl sites for hydroxylation is 1. The van der Waals surface area contributed by atoms with Gasteiger partial charge in [0.2, 0.25) is 10.0 Å². The first-order valence-electron chi connectivity index (χ1n) is 5.56. The summed E-state index contributed by atoms with van der Waals surface area (Å²) in [4.78, 5) is 22.7. The molecule has 0 aliphatic rings. The van der Waals surface area contributed by atoms with E-state index in [1.165, 1.54) is 0 Å². The van der Waals surface area contributed by atoms with Crippen LogP contribution in [0.15, 0.2) is 24.3 Å². The lowest BCUT2D eigenvalue weighted by Gasteiger charge is -2.24. The fourth-order valence-electron chi connectivity index (χ4n) is 1.27. The van der Waals surface area contributed by atoms with E-state index in [-0.39, 0.29) is 0 Å². The number of carbonyl (C=O) groups excluding carboxylic acids is 2.